The van der Waals surface area contributed by atoms with Crippen molar-refractivity contribution in [3.8, 4) is 5.75 Å². The van der Waals surface area contributed by atoms with Gasteiger partial charge in [0.15, 0.2) is 0 Å². The van der Waals surface area contributed by atoms with Gasteiger partial charge in [0.25, 0.3) is 0 Å². The second kappa shape index (κ2) is 7.45. The zero-order valence-electron chi connectivity index (χ0n) is 13.2. The quantitative estimate of drug-likeness (QED) is 0.906. The van der Waals surface area contributed by atoms with Crippen LogP contribution >= 0.6 is 11.6 Å². The first-order valence-electron chi connectivity index (χ1n) is 7.42. The Kier molecular flexibility index (Phi) is 5.88. The van der Waals surface area contributed by atoms with Gasteiger partial charge >= 0.3 is 0 Å². The Balaban J connectivity index is 2.31. The summed E-state index contributed by atoms with van der Waals surface area (Å²) >= 11 is 6.45. The minimum absolute atomic E-state index is 0.0555. The Bertz CT molecular complexity index is 468. The van der Waals surface area contributed by atoms with Crippen LogP contribution in [0, 0.1) is 0 Å². The molecule has 0 spiro atoms. The number of rotatable bonds is 5. The topological polar surface area (TPSA) is 33.7 Å². The SMILES string of the molecule is COc1cccc(Cl)c1C1C(CNC(C)C)OCCN1C. The Morgan fingerprint density at radius 2 is 2.24 bits per heavy atom. The number of likely N-dealkylation sites (N-methyl/N-ethyl adjacent to an activating group) is 1. The number of halogens is 1. The number of methoxy groups -OCH3 is 1. The van der Waals surface area contributed by atoms with Crippen molar-refractivity contribution >= 4 is 11.6 Å². The van der Waals surface area contributed by atoms with Crippen LogP contribution in [0.5, 0.6) is 5.75 Å². The third kappa shape index (κ3) is 3.89. The van der Waals surface area contributed by atoms with E-state index in [9.17, 15) is 0 Å². The highest BCUT2D eigenvalue weighted by Crippen LogP contribution is 2.38. The van der Waals surface area contributed by atoms with E-state index < -0.39 is 0 Å². The lowest BCUT2D eigenvalue weighted by molar-refractivity contribution is -0.0625. The lowest BCUT2D eigenvalue weighted by Gasteiger charge is -2.40. The van der Waals surface area contributed by atoms with Gasteiger partial charge in [-0.25, -0.2) is 0 Å². The van der Waals surface area contributed by atoms with E-state index in [0.29, 0.717) is 6.04 Å². The molecule has 1 heterocycles. The van der Waals surface area contributed by atoms with Crippen LogP contribution in [0.25, 0.3) is 0 Å². The van der Waals surface area contributed by atoms with Gasteiger partial charge in [0.1, 0.15) is 5.75 Å². The number of hydrogen-bond donors (Lipinski definition) is 1. The first-order chi connectivity index (χ1) is 10.0. The van der Waals surface area contributed by atoms with Crippen LogP contribution < -0.4 is 10.1 Å². The Labute approximate surface area is 132 Å². The standard InChI is InChI=1S/C16H25ClN2O2/c1-11(2)18-10-14-16(19(3)8-9-21-14)15-12(17)6-5-7-13(15)20-4/h5-7,11,14,16,18H,8-10H2,1-4H3. The Morgan fingerprint density at radius 3 is 2.90 bits per heavy atom. The molecule has 1 aliphatic heterocycles. The fourth-order valence-electron chi connectivity index (χ4n) is 2.77. The lowest BCUT2D eigenvalue weighted by atomic mass is 9.97. The van der Waals surface area contributed by atoms with E-state index in [0.717, 1.165) is 36.0 Å². The van der Waals surface area contributed by atoms with Crippen LogP contribution in [0.4, 0.5) is 0 Å². The summed E-state index contributed by atoms with van der Waals surface area (Å²) < 4.78 is 11.5. The van der Waals surface area contributed by atoms with Crippen molar-refractivity contribution < 1.29 is 9.47 Å². The van der Waals surface area contributed by atoms with Crippen LogP contribution in [0.15, 0.2) is 18.2 Å². The molecule has 0 bridgehead atoms. The molecule has 21 heavy (non-hydrogen) atoms. The molecule has 1 aliphatic rings. The average Bonchev–Trinajstić information content (AvgIpc) is 2.45. The van der Waals surface area contributed by atoms with Crippen molar-refractivity contribution in [2.24, 2.45) is 0 Å². The van der Waals surface area contributed by atoms with Gasteiger partial charge in [0.2, 0.25) is 0 Å². The van der Waals surface area contributed by atoms with Crippen LogP contribution in [-0.2, 0) is 4.74 Å². The van der Waals surface area contributed by atoms with E-state index in [1.165, 1.54) is 0 Å². The predicted octanol–water partition coefficient (Wildman–Crippen LogP) is 2.72. The van der Waals surface area contributed by atoms with Crippen LogP contribution in [0.3, 0.4) is 0 Å². The molecule has 1 N–H and O–H groups in total. The third-order valence-corrected chi connectivity index (χ3v) is 4.19. The van der Waals surface area contributed by atoms with Crippen molar-refractivity contribution in [1.82, 2.24) is 10.2 Å². The molecule has 2 atom stereocenters. The van der Waals surface area contributed by atoms with E-state index >= 15 is 0 Å². The number of ether oxygens (including phenoxy) is 2. The third-order valence-electron chi connectivity index (χ3n) is 3.86. The first-order valence-corrected chi connectivity index (χ1v) is 7.80. The van der Waals surface area contributed by atoms with E-state index in [1.807, 2.05) is 18.2 Å². The Morgan fingerprint density at radius 1 is 1.48 bits per heavy atom. The maximum atomic E-state index is 6.45. The molecule has 2 rings (SSSR count). The van der Waals surface area contributed by atoms with E-state index in [-0.39, 0.29) is 12.1 Å². The number of hydrogen-bond acceptors (Lipinski definition) is 4. The molecule has 1 saturated heterocycles. The van der Waals surface area contributed by atoms with E-state index in [4.69, 9.17) is 21.1 Å². The molecule has 4 nitrogen and oxygen atoms in total. The normalized spacial score (nSPS) is 23.5. The molecule has 1 aromatic rings. The Hall–Kier alpha value is -0.810. The summed E-state index contributed by atoms with van der Waals surface area (Å²) in [5.41, 5.74) is 1.01. The minimum atomic E-state index is 0.0555. The smallest absolute Gasteiger partial charge is 0.125 e. The van der Waals surface area contributed by atoms with Gasteiger partial charge in [-0.05, 0) is 19.2 Å². The summed E-state index contributed by atoms with van der Waals surface area (Å²) in [5.74, 6) is 0.819. The molecular formula is C16H25ClN2O2. The van der Waals surface area contributed by atoms with Crippen LogP contribution in [0.1, 0.15) is 25.5 Å². The maximum Gasteiger partial charge on any atom is 0.125 e. The second-order valence-electron chi connectivity index (χ2n) is 5.75. The fourth-order valence-corrected chi connectivity index (χ4v) is 3.05. The summed E-state index contributed by atoms with van der Waals surface area (Å²) in [7, 11) is 3.79. The molecule has 2 unspecified atom stereocenters. The monoisotopic (exact) mass is 312 g/mol. The largest absolute Gasteiger partial charge is 0.496 e. The van der Waals surface area contributed by atoms with Crippen molar-refractivity contribution in [2.45, 2.75) is 32.0 Å². The molecule has 118 valence electrons. The number of benzene rings is 1. The number of morpholine rings is 1. The van der Waals surface area contributed by atoms with Crippen molar-refractivity contribution in [1.29, 1.82) is 0 Å². The van der Waals surface area contributed by atoms with Gasteiger partial charge in [-0.2, -0.15) is 0 Å². The summed E-state index contributed by atoms with van der Waals surface area (Å²) in [5, 5.41) is 4.18. The molecule has 0 saturated carbocycles. The van der Waals surface area contributed by atoms with Gasteiger partial charge in [0, 0.05) is 29.7 Å². The van der Waals surface area contributed by atoms with E-state index in [1.54, 1.807) is 7.11 Å². The highest BCUT2D eigenvalue weighted by atomic mass is 35.5. The summed E-state index contributed by atoms with van der Waals surface area (Å²) in [4.78, 5) is 2.29. The number of nitrogens with one attached hydrogen (secondary N) is 1. The van der Waals surface area contributed by atoms with Crippen molar-refractivity contribution in [3.05, 3.63) is 28.8 Å². The van der Waals surface area contributed by atoms with Gasteiger partial charge in [-0.1, -0.05) is 31.5 Å². The van der Waals surface area contributed by atoms with Gasteiger partial charge in [-0.3, -0.25) is 4.90 Å². The summed E-state index contributed by atoms with van der Waals surface area (Å²) in [6.45, 7) is 6.69. The first kappa shape index (κ1) is 16.6. The fraction of sp³-hybridized carbons (Fsp3) is 0.625. The highest BCUT2D eigenvalue weighted by molar-refractivity contribution is 6.31. The molecule has 1 aromatic carbocycles. The summed E-state index contributed by atoms with van der Waals surface area (Å²) in [6.07, 6.45) is 0.0555. The molecular weight excluding hydrogens is 288 g/mol. The predicted molar refractivity (Wildman–Crippen MR) is 86.3 cm³/mol. The lowest BCUT2D eigenvalue weighted by Crippen LogP contribution is -2.48. The maximum absolute atomic E-state index is 6.45. The van der Waals surface area contributed by atoms with E-state index in [2.05, 4.69) is 31.1 Å². The van der Waals surface area contributed by atoms with Gasteiger partial charge < -0.3 is 14.8 Å². The van der Waals surface area contributed by atoms with Gasteiger partial charge in [-0.15, -0.1) is 0 Å². The zero-order valence-corrected chi connectivity index (χ0v) is 14.0. The zero-order chi connectivity index (χ0) is 15.4. The molecule has 0 aliphatic carbocycles. The second-order valence-corrected chi connectivity index (χ2v) is 6.16. The van der Waals surface area contributed by atoms with Crippen molar-refractivity contribution in [3.63, 3.8) is 0 Å². The molecule has 0 radical (unpaired) electrons. The molecule has 0 amide bonds. The summed E-state index contributed by atoms with van der Waals surface area (Å²) in [6, 6.07) is 6.30. The molecule has 5 heteroatoms. The number of nitrogens with zero attached hydrogens (tertiary/aromatic N) is 1. The van der Waals surface area contributed by atoms with Crippen LogP contribution in [0.2, 0.25) is 5.02 Å². The minimum Gasteiger partial charge on any atom is -0.496 e. The highest BCUT2D eigenvalue weighted by Gasteiger charge is 2.34. The van der Waals surface area contributed by atoms with Gasteiger partial charge in [0.05, 0.1) is 25.9 Å². The average molecular weight is 313 g/mol. The molecule has 1 fully saturated rings. The van der Waals surface area contributed by atoms with Crippen LogP contribution in [-0.4, -0.2) is 50.9 Å². The molecule has 0 aromatic heterocycles. The van der Waals surface area contributed by atoms with Crippen molar-refractivity contribution in [2.75, 3.05) is 33.9 Å².